The Morgan fingerprint density at radius 3 is 2.63 bits per heavy atom. The summed E-state index contributed by atoms with van der Waals surface area (Å²) in [6.07, 6.45) is 2.58. The third-order valence-corrected chi connectivity index (χ3v) is 5.40. The fourth-order valence-corrected chi connectivity index (χ4v) is 3.72. The first-order valence-electron chi connectivity index (χ1n) is 10.2. The van der Waals surface area contributed by atoms with E-state index in [0.29, 0.717) is 18.7 Å². The summed E-state index contributed by atoms with van der Waals surface area (Å²) in [6.45, 7) is 5.18. The number of nitrogens with zero attached hydrogens (tertiary/aromatic N) is 6. The van der Waals surface area contributed by atoms with Crippen molar-refractivity contribution in [1.29, 1.82) is 5.26 Å². The molecule has 3 heterocycles. The molecule has 30 heavy (non-hydrogen) atoms. The number of rotatable bonds is 5. The Morgan fingerprint density at radius 2 is 1.93 bits per heavy atom. The van der Waals surface area contributed by atoms with Crippen LogP contribution in [0.2, 0.25) is 0 Å². The molecule has 1 aliphatic heterocycles. The molecule has 0 radical (unpaired) electrons. The maximum Gasteiger partial charge on any atom is 0.244 e. The fourth-order valence-electron chi connectivity index (χ4n) is 3.72. The zero-order valence-corrected chi connectivity index (χ0v) is 17.0. The number of carbonyl (C=O) groups is 1. The van der Waals surface area contributed by atoms with Gasteiger partial charge < -0.3 is 9.80 Å². The monoisotopic (exact) mass is 400 g/mol. The summed E-state index contributed by atoms with van der Waals surface area (Å²) in [6, 6.07) is 17.4. The van der Waals surface area contributed by atoms with Crippen molar-refractivity contribution in [3.05, 3.63) is 66.0 Å². The van der Waals surface area contributed by atoms with Gasteiger partial charge in [0.05, 0.1) is 17.3 Å². The van der Waals surface area contributed by atoms with Crippen molar-refractivity contribution in [1.82, 2.24) is 19.7 Å². The average molecular weight is 400 g/mol. The summed E-state index contributed by atoms with van der Waals surface area (Å²) in [7, 11) is 0. The SMILES string of the molecule is CCc1cc(-c2cccc(C#N)c2)nn1CC(=O)N1CCN(c2ccccn2)CC1. The Hall–Kier alpha value is -3.66. The summed E-state index contributed by atoms with van der Waals surface area (Å²) in [4.78, 5) is 21.4. The number of anilines is 1. The number of nitriles is 1. The van der Waals surface area contributed by atoms with Gasteiger partial charge in [0.25, 0.3) is 0 Å². The normalized spacial score (nSPS) is 13.9. The van der Waals surface area contributed by atoms with E-state index in [1.54, 1.807) is 16.9 Å². The Bertz CT molecular complexity index is 1060. The van der Waals surface area contributed by atoms with E-state index in [2.05, 4.69) is 28.0 Å². The Labute approximate surface area is 176 Å². The second kappa shape index (κ2) is 8.78. The second-order valence-corrected chi connectivity index (χ2v) is 7.28. The number of pyridine rings is 1. The first-order chi connectivity index (χ1) is 14.7. The van der Waals surface area contributed by atoms with Crippen molar-refractivity contribution < 1.29 is 4.79 Å². The summed E-state index contributed by atoms with van der Waals surface area (Å²) < 4.78 is 1.79. The molecule has 0 spiro atoms. The predicted octanol–water partition coefficient (Wildman–Crippen LogP) is 2.73. The van der Waals surface area contributed by atoms with Crippen LogP contribution in [0.15, 0.2) is 54.7 Å². The van der Waals surface area contributed by atoms with Crippen LogP contribution in [0, 0.1) is 11.3 Å². The number of aryl methyl sites for hydroxylation is 1. The van der Waals surface area contributed by atoms with Gasteiger partial charge in [-0.2, -0.15) is 10.4 Å². The van der Waals surface area contributed by atoms with E-state index >= 15 is 0 Å². The van der Waals surface area contributed by atoms with Crippen LogP contribution in [0.25, 0.3) is 11.3 Å². The number of amides is 1. The molecular weight excluding hydrogens is 376 g/mol. The lowest BCUT2D eigenvalue weighted by molar-refractivity contribution is -0.132. The molecule has 0 saturated carbocycles. The third kappa shape index (κ3) is 4.18. The Morgan fingerprint density at radius 1 is 1.10 bits per heavy atom. The number of carbonyl (C=O) groups excluding carboxylic acids is 1. The molecule has 152 valence electrons. The molecule has 1 aromatic carbocycles. The van der Waals surface area contributed by atoms with Crippen molar-refractivity contribution in [2.75, 3.05) is 31.1 Å². The molecule has 2 aromatic heterocycles. The standard InChI is InChI=1S/C23H24N6O/c1-2-20-15-21(19-7-5-6-18(14-19)16-24)26-29(20)17-23(30)28-12-10-27(11-13-28)22-8-3-4-9-25-22/h3-9,14-15H,2,10-13,17H2,1H3. The van der Waals surface area contributed by atoms with Gasteiger partial charge in [-0.1, -0.05) is 25.1 Å². The molecule has 1 saturated heterocycles. The molecule has 0 atom stereocenters. The highest BCUT2D eigenvalue weighted by Crippen LogP contribution is 2.21. The van der Waals surface area contributed by atoms with Crippen molar-refractivity contribution in [2.45, 2.75) is 19.9 Å². The number of hydrogen-bond donors (Lipinski definition) is 0. The van der Waals surface area contributed by atoms with Crippen molar-refractivity contribution in [2.24, 2.45) is 0 Å². The molecule has 0 N–H and O–H groups in total. The molecule has 0 aliphatic carbocycles. The van der Waals surface area contributed by atoms with E-state index in [0.717, 1.165) is 42.3 Å². The van der Waals surface area contributed by atoms with Crippen LogP contribution < -0.4 is 4.90 Å². The second-order valence-electron chi connectivity index (χ2n) is 7.28. The van der Waals surface area contributed by atoms with Crippen LogP contribution in [-0.4, -0.2) is 51.8 Å². The van der Waals surface area contributed by atoms with Crippen LogP contribution in [0.5, 0.6) is 0 Å². The van der Waals surface area contributed by atoms with Gasteiger partial charge in [-0.15, -0.1) is 0 Å². The first-order valence-corrected chi connectivity index (χ1v) is 10.2. The molecule has 4 rings (SSSR count). The van der Waals surface area contributed by atoms with Crippen LogP contribution in [0.1, 0.15) is 18.2 Å². The Balaban J connectivity index is 1.43. The molecule has 0 bridgehead atoms. The maximum absolute atomic E-state index is 12.9. The number of aromatic nitrogens is 3. The van der Waals surface area contributed by atoms with Crippen LogP contribution in [0.4, 0.5) is 5.82 Å². The van der Waals surface area contributed by atoms with Gasteiger partial charge in [-0.25, -0.2) is 4.98 Å². The van der Waals surface area contributed by atoms with Crippen LogP contribution >= 0.6 is 0 Å². The predicted molar refractivity (Wildman–Crippen MR) is 115 cm³/mol. The maximum atomic E-state index is 12.9. The zero-order valence-electron chi connectivity index (χ0n) is 17.0. The van der Waals surface area contributed by atoms with Crippen molar-refractivity contribution >= 4 is 11.7 Å². The highest BCUT2D eigenvalue weighted by Gasteiger charge is 2.23. The van der Waals surface area contributed by atoms with E-state index < -0.39 is 0 Å². The quantitative estimate of drug-likeness (QED) is 0.658. The minimum absolute atomic E-state index is 0.0748. The van der Waals surface area contributed by atoms with E-state index in [4.69, 9.17) is 5.26 Å². The molecule has 3 aromatic rings. The molecule has 7 heteroatoms. The van der Waals surface area contributed by atoms with Gasteiger partial charge in [-0.3, -0.25) is 9.48 Å². The molecule has 7 nitrogen and oxygen atoms in total. The third-order valence-electron chi connectivity index (χ3n) is 5.40. The molecule has 1 aliphatic rings. The molecule has 1 fully saturated rings. The van der Waals surface area contributed by atoms with Crippen LogP contribution in [0.3, 0.4) is 0 Å². The molecular formula is C23H24N6O. The number of hydrogen-bond acceptors (Lipinski definition) is 5. The molecule has 0 unspecified atom stereocenters. The first kappa shape index (κ1) is 19.6. The van der Waals surface area contributed by atoms with E-state index in [1.165, 1.54) is 0 Å². The van der Waals surface area contributed by atoms with E-state index in [9.17, 15) is 4.79 Å². The lowest BCUT2D eigenvalue weighted by atomic mass is 10.1. The van der Waals surface area contributed by atoms with E-state index in [-0.39, 0.29) is 12.5 Å². The Kier molecular flexibility index (Phi) is 5.75. The highest BCUT2D eigenvalue weighted by molar-refractivity contribution is 5.76. The topological polar surface area (TPSA) is 78.0 Å². The largest absolute Gasteiger partial charge is 0.353 e. The number of piperazine rings is 1. The van der Waals surface area contributed by atoms with Crippen molar-refractivity contribution in [3.63, 3.8) is 0 Å². The summed E-state index contributed by atoms with van der Waals surface area (Å²) >= 11 is 0. The summed E-state index contributed by atoms with van der Waals surface area (Å²) in [5, 5.41) is 13.8. The lowest BCUT2D eigenvalue weighted by Crippen LogP contribution is -2.50. The van der Waals surface area contributed by atoms with Gasteiger partial charge in [0.1, 0.15) is 12.4 Å². The average Bonchev–Trinajstić information content (AvgIpc) is 3.22. The lowest BCUT2D eigenvalue weighted by Gasteiger charge is -2.35. The minimum atomic E-state index is 0.0748. The summed E-state index contributed by atoms with van der Waals surface area (Å²) in [5.41, 5.74) is 3.28. The fraction of sp³-hybridized carbons (Fsp3) is 0.304. The van der Waals surface area contributed by atoms with Gasteiger partial charge in [0, 0.05) is 43.6 Å². The summed E-state index contributed by atoms with van der Waals surface area (Å²) in [5.74, 6) is 1.03. The van der Waals surface area contributed by atoms with E-state index in [1.807, 2.05) is 47.4 Å². The smallest absolute Gasteiger partial charge is 0.244 e. The van der Waals surface area contributed by atoms with Crippen molar-refractivity contribution in [3.8, 4) is 17.3 Å². The van der Waals surface area contributed by atoms with Gasteiger partial charge in [0.15, 0.2) is 0 Å². The zero-order chi connectivity index (χ0) is 20.9. The van der Waals surface area contributed by atoms with Gasteiger partial charge >= 0.3 is 0 Å². The van der Waals surface area contributed by atoms with Gasteiger partial charge in [-0.05, 0) is 36.8 Å². The molecule has 1 amide bonds. The highest BCUT2D eigenvalue weighted by atomic mass is 16.2. The number of benzene rings is 1. The minimum Gasteiger partial charge on any atom is -0.353 e. The van der Waals surface area contributed by atoms with Gasteiger partial charge in [0.2, 0.25) is 5.91 Å². The van der Waals surface area contributed by atoms with Crippen LogP contribution in [-0.2, 0) is 17.8 Å².